The molecule has 0 aliphatic carbocycles. The molecule has 1 aliphatic rings. The summed E-state index contributed by atoms with van der Waals surface area (Å²) < 4.78 is 43.4. The molecular formula is C11H18F3NO4. The van der Waals surface area contributed by atoms with E-state index in [-0.39, 0.29) is 0 Å². The van der Waals surface area contributed by atoms with E-state index in [1.165, 1.54) is 20.8 Å². The molecule has 1 heterocycles. The van der Waals surface area contributed by atoms with E-state index < -0.39 is 49.1 Å². The number of piperidine rings is 1. The lowest BCUT2D eigenvalue weighted by Gasteiger charge is -2.41. The van der Waals surface area contributed by atoms with Crippen LogP contribution in [0.3, 0.4) is 0 Å². The van der Waals surface area contributed by atoms with Gasteiger partial charge >= 0.3 is 12.3 Å². The third-order valence-electron chi connectivity index (χ3n) is 2.67. The van der Waals surface area contributed by atoms with Gasteiger partial charge in [-0.3, -0.25) is 4.90 Å². The lowest BCUT2D eigenvalue weighted by Crippen LogP contribution is -2.60. The molecule has 0 aromatic rings. The van der Waals surface area contributed by atoms with Gasteiger partial charge in [-0.25, -0.2) is 4.79 Å². The largest absolute Gasteiger partial charge is 0.444 e. The van der Waals surface area contributed by atoms with Crippen LogP contribution in [0, 0.1) is 0 Å². The molecule has 19 heavy (non-hydrogen) atoms. The molecule has 0 spiro atoms. The van der Waals surface area contributed by atoms with E-state index in [9.17, 15) is 28.2 Å². The molecule has 1 saturated heterocycles. The normalized spacial score (nSPS) is 29.3. The Bertz CT molecular complexity index is 340. The van der Waals surface area contributed by atoms with Gasteiger partial charge in [0.25, 0.3) is 0 Å². The average Bonchev–Trinajstić information content (AvgIpc) is 2.17. The van der Waals surface area contributed by atoms with Crippen molar-refractivity contribution in [3.05, 3.63) is 0 Å². The fourth-order valence-corrected chi connectivity index (χ4v) is 1.80. The third-order valence-corrected chi connectivity index (χ3v) is 2.67. The van der Waals surface area contributed by atoms with Crippen molar-refractivity contribution < 1.29 is 32.9 Å². The first-order valence-electron chi connectivity index (χ1n) is 5.84. The Morgan fingerprint density at radius 2 is 1.74 bits per heavy atom. The maximum absolute atomic E-state index is 12.8. The SMILES string of the molecule is CC(C)(C)OC(=O)N1C[C@@H](O)[C@H](O)CC1C(F)(F)F. The smallest absolute Gasteiger partial charge is 0.410 e. The molecule has 2 N–H and O–H groups in total. The van der Waals surface area contributed by atoms with Crippen LogP contribution in [0.4, 0.5) is 18.0 Å². The molecule has 1 rings (SSSR count). The highest BCUT2D eigenvalue weighted by Gasteiger charge is 2.51. The number of carbonyl (C=O) groups is 1. The van der Waals surface area contributed by atoms with Gasteiger partial charge < -0.3 is 14.9 Å². The molecule has 0 aromatic carbocycles. The Hall–Kier alpha value is -1.02. The van der Waals surface area contributed by atoms with E-state index in [1.54, 1.807) is 0 Å². The van der Waals surface area contributed by atoms with Gasteiger partial charge in [0, 0.05) is 6.42 Å². The molecule has 0 aromatic heterocycles. The van der Waals surface area contributed by atoms with E-state index in [0.29, 0.717) is 4.90 Å². The van der Waals surface area contributed by atoms with Crippen LogP contribution in [0.25, 0.3) is 0 Å². The highest BCUT2D eigenvalue weighted by atomic mass is 19.4. The Morgan fingerprint density at radius 1 is 1.21 bits per heavy atom. The van der Waals surface area contributed by atoms with Crippen LogP contribution < -0.4 is 0 Å². The molecule has 112 valence electrons. The van der Waals surface area contributed by atoms with Crippen molar-refractivity contribution >= 4 is 6.09 Å². The van der Waals surface area contributed by atoms with Crippen molar-refractivity contribution in [3.63, 3.8) is 0 Å². The standard InChI is InChI=1S/C11H18F3NO4/c1-10(2,3)19-9(18)15-5-7(17)6(16)4-8(15)11(12,13)14/h6-8,16-17H,4-5H2,1-3H3/t6-,7-,8?/m1/s1. The molecule has 5 nitrogen and oxygen atoms in total. The summed E-state index contributed by atoms with van der Waals surface area (Å²) in [5.74, 6) is 0. The molecule has 1 aliphatic heterocycles. The number of alkyl halides is 3. The van der Waals surface area contributed by atoms with E-state index >= 15 is 0 Å². The summed E-state index contributed by atoms with van der Waals surface area (Å²) in [5, 5.41) is 18.7. The zero-order valence-corrected chi connectivity index (χ0v) is 10.9. The molecule has 1 fully saturated rings. The summed E-state index contributed by atoms with van der Waals surface area (Å²) in [6, 6.07) is -2.15. The fourth-order valence-electron chi connectivity index (χ4n) is 1.80. The van der Waals surface area contributed by atoms with Gasteiger partial charge in [-0.2, -0.15) is 13.2 Å². The summed E-state index contributed by atoms with van der Waals surface area (Å²) in [5.41, 5.74) is -0.936. The minimum atomic E-state index is -4.68. The monoisotopic (exact) mass is 285 g/mol. The van der Waals surface area contributed by atoms with E-state index in [4.69, 9.17) is 4.74 Å². The van der Waals surface area contributed by atoms with Gasteiger partial charge in [0.1, 0.15) is 11.6 Å². The van der Waals surface area contributed by atoms with Crippen molar-refractivity contribution in [1.82, 2.24) is 4.90 Å². The molecular weight excluding hydrogens is 267 g/mol. The van der Waals surface area contributed by atoms with Gasteiger partial charge in [0.2, 0.25) is 0 Å². The summed E-state index contributed by atoms with van der Waals surface area (Å²) in [6.07, 6.45) is -9.51. The van der Waals surface area contributed by atoms with Crippen LogP contribution in [0.15, 0.2) is 0 Å². The maximum Gasteiger partial charge on any atom is 0.410 e. The second kappa shape index (κ2) is 5.16. The number of ether oxygens (including phenoxy) is 1. The van der Waals surface area contributed by atoms with Crippen LogP contribution in [0.1, 0.15) is 27.2 Å². The third kappa shape index (κ3) is 4.24. The van der Waals surface area contributed by atoms with Crippen molar-refractivity contribution in [2.75, 3.05) is 6.54 Å². The van der Waals surface area contributed by atoms with Gasteiger partial charge in [-0.15, -0.1) is 0 Å². The van der Waals surface area contributed by atoms with Gasteiger partial charge in [-0.05, 0) is 20.8 Å². The van der Waals surface area contributed by atoms with Crippen molar-refractivity contribution in [1.29, 1.82) is 0 Å². The Balaban J connectivity index is 2.90. The van der Waals surface area contributed by atoms with Gasteiger partial charge in [0.05, 0.1) is 18.8 Å². The summed E-state index contributed by atoms with van der Waals surface area (Å²) in [4.78, 5) is 12.2. The average molecular weight is 285 g/mol. The zero-order valence-electron chi connectivity index (χ0n) is 10.9. The van der Waals surface area contributed by atoms with Gasteiger partial charge in [0.15, 0.2) is 0 Å². The molecule has 0 saturated carbocycles. The predicted molar refractivity (Wildman–Crippen MR) is 59.4 cm³/mol. The Labute approximate surface area is 109 Å². The maximum atomic E-state index is 12.8. The van der Waals surface area contributed by atoms with E-state index in [1.807, 2.05) is 0 Å². The van der Waals surface area contributed by atoms with Crippen LogP contribution in [0.2, 0.25) is 0 Å². The number of hydrogen-bond donors (Lipinski definition) is 2. The minimum Gasteiger partial charge on any atom is -0.444 e. The van der Waals surface area contributed by atoms with Crippen molar-refractivity contribution in [2.24, 2.45) is 0 Å². The lowest BCUT2D eigenvalue weighted by molar-refractivity contribution is -0.207. The number of hydrogen-bond acceptors (Lipinski definition) is 4. The number of likely N-dealkylation sites (tertiary alicyclic amines) is 1. The first-order valence-corrected chi connectivity index (χ1v) is 5.84. The molecule has 1 unspecified atom stereocenters. The van der Waals surface area contributed by atoms with Crippen LogP contribution >= 0.6 is 0 Å². The first kappa shape index (κ1) is 16.0. The van der Waals surface area contributed by atoms with Crippen molar-refractivity contribution in [3.8, 4) is 0 Å². The quantitative estimate of drug-likeness (QED) is 0.703. The molecule has 0 bridgehead atoms. The van der Waals surface area contributed by atoms with E-state index in [0.717, 1.165) is 0 Å². The number of β-amino-alcohol motifs (C(OH)–C–C–N with tert-alkyl or cyclic N) is 1. The van der Waals surface area contributed by atoms with Crippen LogP contribution in [-0.4, -0.2) is 57.8 Å². The Kier molecular flexibility index (Phi) is 4.36. The second-order valence-electron chi connectivity index (χ2n) is 5.56. The van der Waals surface area contributed by atoms with Gasteiger partial charge in [-0.1, -0.05) is 0 Å². The van der Waals surface area contributed by atoms with Crippen LogP contribution in [0.5, 0.6) is 0 Å². The zero-order chi connectivity index (χ0) is 15.0. The summed E-state index contributed by atoms with van der Waals surface area (Å²) >= 11 is 0. The summed E-state index contributed by atoms with van der Waals surface area (Å²) in [6.45, 7) is 3.98. The highest BCUT2D eigenvalue weighted by Crippen LogP contribution is 2.33. The number of amides is 1. The molecule has 0 radical (unpaired) electrons. The fraction of sp³-hybridized carbons (Fsp3) is 0.909. The molecule has 1 amide bonds. The highest BCUT2D eigenvalue weighted by molar-refractivity contribution is 5.69. The first-order chi connectivity index (χ1) is 8.42. The predicted octanol–water partition coefficient (Wildman–Crippen LogP) is 1.28. The van der Waals surface area contributed by atoms with E-state index in [2.05, 4.69) is 0 Å². The number of carbonyl (C=O) groups excluding carboxylic acids is 1. The molecule has 8 heteroatoms. The number of rotatable bonds is 0. The second-order valence-corrected chi connectivity index (χ2v) is 5.56. The number of aliphatic hydroxyl groups excluding tert-OH is 2. The summed E-state index contributed by atoms with van der Waals surface area (Å²) in [7, 11) is 0. The minimum absolute atomic E-state index is 0.419. The number of halogens is 3. The lowest BCUT2D eigenvalue weighted by atomic mass is 9.97. The topological polar surface area (TPSA) is 70.0 Å². The number of nitrogens with zero attached hydrogens (tertiary/aromatic N) is 1. The van der Waals surface area contributed by atoms with Crippen molar-refractivity contribution in [2.45, 2.75) is 57.2 Å². The Morgan fingerprint density at radius 3 is 2.16 bits per heavy atom. The molecule has 3 atom stereocenters. The number of aliphatic hydroxyl groups is 2. The van der Waals surface area contributed by atoms with Crippen LogP contribution in [-0.2, 0) is 4.74 Å².